The largest absolute Gasteiger partial charge is 0.455 e. The van der Waals surface area contributed by atoms with E-state index in [1.165, 1.54) is 32.3 Å². The third-order valence-corrected chi connectivity index (χ3v) is 11.2. The zero-order chi connectivity index (χ0) is 34.1. The van der Waals surface area contributed by atoms with E-state index in [1.807, 2.05) is 40.9 Å². The van der Waals surface area contributed by atoms with Gasteiger partial charge in [-0.2, -0.15) is 0 Å². The van der Waals surface area contributed by atoms with E-state index in [2.05, 4.69) is 121 Å². The number of para-hydroxylation sites is 2. The normalized spacial score (nSPS) is 12.3. The first-order valence-electron chi connectivity index (χ1n) is 17.6. The zero-order valence-corrected chi connectivity index (χ0v) is 27.7. The van der Waals surface area contributed by atoms with E-state index in [-0.39, 0.29) is 5.56 Å². The molecule has 8 aromatic carbocycles. The van der Waals surface area contributed by atoms with Crippen molar-refractivity contribution < 1.29 is 4.42 Å². The molecule has 0 spiro atoms. The Morgan fingerprint density at radius 2 is 0.942 bits per heavy atom. The molecule has 0 aliphatic carbocycles. The maximum Gasteiger partial charge on any atom is 0.263 e. The summed E-state index contributed by atoms with van der Waals surface area (Å²) in [7, 11) is 0. The smallest absolute Gasteiger partial charge is 0.263 e. The predicted molar refractivity (Wildman–Crippen MR) is 216 cm³/mol. The summed E-state index contributed by atoms with van der Waals surface area (Å²) < 4.78 is 8.77. The van der Waals surface area contributed by atoms with E-state index in [0.29, 0.717) is 5.39 Å². The van der Waals surface area contributed by atoms with Crippen molar-refractivity contribution >= 4 is 92.4 Å². The van der Waals surface area contributed by atoms with Crippen LogP contribution in [0.15, 0.2) is 167 Å². The number of furan rings is 1. The van der Waals surface area contributed by atoms with E-state index < -0.39 is 0 Å². The molecule has 4 nitrogen and oxygen atoms in total. The number of benzene rings is 8. The first-order chi connectivity index (χ1) is 25.7. The van der Waals surface area contributed by atoms with Gasteiger partial charge < -0.3 is 4.42 Å². The molecule has 0 aliphatic heterocycles. The summed E-state index contributed by atoms with van der Waals surface area (Å²) >= 11 is 0. The van der Waals surface area contributed by atoms with Crippen molar-refractivity contribution in [3.63, 3.8) is 0 Å². The fourth-order valence-electron chi connectivity index (χ4n) is 8.89. The topological polar surface area (TPSA) is 47.5 Å². The minimum atomic E-state index is -0.0226. The Labute approximate surface area is 295 Å². The molecular formula is C48H26N2O2. The minimum absolute atomic E-state index is 0.0226. The number of hydrogen-bond donors (Lipinski definition) is 0. The van der Waals surface area contributed by atoms with Crippen LogP contribution in [0.4, 0.5) is 0 Å². The number of rotatable bonds is 2. The summed E-state index contributed by atoms with van der Waals surface area (Å²) in [4.78, 5) is 18.6. The Balaban J connectivity index is 1.09. The quantitative estimate of drug-likeness (QED) is 0.173. The Kier molecular flexibility index (Phi) is 5.35. The van der Waals surface area contributed by atoms with Gasteiger partial charge in [-0.3, -0.25) is 14.2 Å². The molecule has 0 fully saturated rings. The third-order valence-electron chi connectivity index (χ3n) is 11.2. The van der Waals surface area contributed by atoms with Crippen LogP contribution in [0.5, 0.6) is 0 Å². The number of pyridine rings is 2. The molecule has 0 unspecified atom stereocenters. The molecule has 0 amide bonds. The second kappa shape index (κ2) is 10.0. The standard InChI is InChI=1S/C48H26N2O2/c51-48-40-14-6-5-13-36(40)44-45-37(23-24-49-44)42-26-28(20-22-43(42)50(45)48)30-16-8-18-39-38-17-7-15-29(46(38)52-47(30)39)27-19-21-35-33-11-2-1-9-31(33)32-10-3-4-12-34(32)41(35)25-27/h1-26H. The van der Waals surface area contributed by atoms with Crippen LogP contribution in [0.25, 0.3) is 115 Å². The van der Waals surface area contributed by atoms with Gasteiger partial charge in [-0.1, -0.05) is 121 Å². The van der Waals surface area contributed by atoms with Gasteiger partial charge in [0.05, 0.1) is 16.6 Å². The molecule has 0 aliphatic rings. The van der Waals surface area contributed by atoms with Gasteiger partial charge in [0.2, 0.25) is 0 Å². The van der Waals surface area contributed by atoms with Crippen molar-refractivity contribution in [1.29, 1.82) is 0 Å². The third kappa shape index (κ3) is 3.55. The highest BCUT2D eigenvalue weighted by molar-refractivity contribution is 6.26. The minimum Gasteiger partial charge on any atom is -0.455 e. The lowest BCUT2D eigenvalue weighted by molar-refractivity contribution is 0.671. The molecule has 4 heterocycles. The number of fused-ring (bicyclic) bond motifs is 14. The van der Waals surface area contributed by atoms with Crippen LogP contribution in [0.3, 0.4) is 0 Å². The van der Waals surface area contributed by atoms with Crippen LogP contribution in [0, 0.1) is 0 Å². The molecule has 4 aromatic heterocycles. The molecule has 0 saturated heterocycles. The molecule has 0 radical (unpaired) electrons. The lowest BCUT2D eigenvalue weighted by Gasteiger charge is -2.12. The first kappa shape index (κ1) is 27.7. The Morgan fingerprint density at radius 1 is 0.423 bits per heavy atom. The second-order valence-electron chi connectivity index (χ2n) is 13.8. The van der Waals surface area contributed by atoms with Gasteiger partial charge in [0, 0.05) is 49.6 Å². The summed E-state index contributed by atoms with van der Waals surface area (Å²) in [6.07, 6.45) is 1.85. The maximum atomic E-state index is 13.9. The van der Waals surface area contributed by atoms with Crippen LogP contribution < -0.4 is 5.56 Å². The molecule has 12 rings (SSSR count). The summed E-state index contributed by atoms with van der Waals surface area (Å²) in [5.74, 6) is 0. The highest BCUT2D eigenvalue weighted by atomic mass is 16.3. The SMILES string of the molecule is O=c1c2ccccc2c2nccc3c4cc(-c5cccc6c5oc5c(-c7ccc8c9ccccc9c9ccccc9c8c7)cccc56)ccc4n1c32. The van der Waals surface area contributed by atoms with E-state index in [4.69, 9.17) is 9.40 Å². The summed E-state index contributed by atoms with van der Waals surface area (Å²) in [5.41, 5.74) is 8.50. The second-order valence-corrected chi connectivity index (χ2v) is 13.8. The van der Waals surface area contributed by atoms with E-state index in [9.17, 15) is 4.79 Å². The van der Waals surface area contributed by atoms with Crippen LogP contribution in [-0.2, 0) is 0 Å². The van der Waals surface area contributed by atoms with Gasteiger partial charge >= 0.3 is 0 Å². The highest BCUT2D eigenvalue weighted by Gasteiger charge is 2.20. The highest BCUT2D eigenvalue weighted by Crippen LogP contribution is 2.43. The fraction of sp³-hybridized carbons (Fsp3) is 0. The molecule has 52 heavy (non-hydrogen) atoms. The van der Waals surface area contributed by atoms with E-state index in [0.717, 1.165) is 76.9 Å². The van der Waals surface area contributed by atoms with Crippen LogP contribution in [0.1, 0.15) is 0 Å². The van der Waals surface area contributed by atoms with Gasteiger partial charge in [0.15, 0.2) is 0 Å². The molecular weight excluding hydrogens is 637 g/mol. The summed E-state index contributed by atoms with van der Waals surface area (Å²) in [5, 5.41) is 13.3. The molecule has 4 heteroatoms. The molecule has 0 saturated carbocycles. The lowest BCUT2D eigenvalue weighted by atomic mass is 9.92. The predicted octanol–water partition coefficient (Wildman–Crippen LogP) is 12.3. The Hall–Kier alpha value is -7.04. The van der Waals surface area contributed by atoms with Crippen molar-refractivity contribution in [2.75, 3.05) is 0 Å². The van der Waals surface area contributed by atoms with Crippen molar-refractivity contribution in [2.45, 2.75) is 0 Å². The lowest BCUT2D eigenvalue weighted by Crippen LogP contribution is -2.13. The Bertz CT molecular complexity index is 3520. The fourth-order valence-corrected chi connectivity index (χ4v) is 8.89. The summed E-state index contributed by atoms with van der Waals surface area (Å²) in [6, 6.07) is 53.2. The molecule has 12 aromatic rings. The average molecular weight is 663 g/mol. The zero-order valence-electron chi connectivity index (χ0n) is 27.7. The molecule has 0 atom stereocenters. The van der Waals surface area contributed by atoms with Crippen molar-refractivity contribution in [2.24, 2.45) is 0 Å². The monoisotopic (exact) mass is 662 g/mol. The number of nitrogens with zero attached hydrogens (tertiary/aromatic N) is 2. The van der Waals surface area contributed by atoms with Crippen molar-refractivity contribution in [3.8, 4) is 22.3 Å². The van der Waals surface area contributed by atoms with Gasteiger partial charge in [0.1, 0.15) is 11.2 Å². The van der Waals surface area contributed by atoms with Gasteiger partial charge in [-0.15, -0.1) is 0 Å². The maximum absolute atomic E-state index is 13.9. The summed E-state index contributed by atoms with van der Waals surface area (Å²) in [6.45, 7) is 0. The van der Waals surface area contributed by atoms with E-state index >= 15 is 0 Å². The van der Waals surface area contributed by atoms with Crippen LogP contribution >= 0.6 is 0 Å². The molecule has 0 bridgehead atoms. The Morgan fingerprint density at radius 3 is 1.60 bits per heavy atom. The van der Waals surface area contributed by atoms with Crippen molar-refractivity contribution in [1.82, 2.24) is 9.38 Å². The first-order valence-corrected chi connectivity index (χ1v) is 17.6. The van der Waals surface area contributed by atoms with E-state index in [1.54, 1.807) is 0 Å². The number of aromatic nitrogens is 2. The molecule has 0 N–H and O–H groups in total. The van der Waals surface area contributed by atoms with Crippen molar-refractivity contribution in [3.05, 3.63) is 168 Å². The van der Waals surface area contributed by atoms with Gasteiger partial charge in [0.25, 0.3) is 5.56 Å². The van der Waals surface area contributed by atoms with Crippen LogP contribution in [-0.4, -0.2) is 9.38 Å². The van der Waals surface area contributed by atoms with Crippen LogP contribution in [0.2, 0.25) is 0 Å². The average Bonchev–Trinajstić information content (AvgIpc) is 3.76. The van der Waals surface area contributed by atoms with Gasteiger partial charge in [-0.25, -0.2) is 0 Å². The molecule has 240 valence electrons. The number of hydrogen-bond acceptors (Lipinski definition) is 3. The van der Waals surface area contributed by atoms with Gasteiger partial charge in [-0.05, 0) is 73.8 Å².